The summed E-state index contributed by atoms with van der Waals surface area (Å²) in [5, 5.41) is 0. The minimum Gasteiger partial charge on any atom is -0.290 e. The molecular weight excluding hydrogens is 268 g/mol. The van der Waals surface area contributed by atoms with Crippen LogP contribution in [0.3, 0.4) is 0 Å². The predicted molar refractivity (Wildman–Crippen MR) is 93.9 cm³/mol. The second kappa shape index (κ2) is 6.04. The Morgan fingerprint density at radius 3 is 2.59 bits per heavy atom. The Bertz CT molecular complexity index is 677. The summed E-state index contributed by atoms with van der Waals surface area (Å²) < 4.78 is 2.45. The van der Waals surface area contributed by atoms with Crippen LogP contribution in [0.15, 0.2) is 58.7 Å². The molecule has 2 heteroatoms. The fourth-order valence-corrected chi connectivity index (χ4v) is 3.86. The number of aliphatic imine (C=N–C) groups is 1. The number of fused-ring (bicyclic) bond motifs is 1. The van der Waals surface area contributed by atoms with E-state index >= 15 is 0 Å². The lowest BCUT2D eigenvalue weighted by molar-refractivity contribution is -0.463. The van der Waals surface area contributed by atoms with Gasteiger partial charge in [-0.1, -0.05) is 36.4 Å². The van der Waals surface area contributed by atoms with Gasteiger partial charge in [0, 0.05) is 12.6 Å². The molecule has 0 amide bonds. The molecule has 1 unspecified atom stereocenters. The standard InChI is InChI=1S/C20H25N2/c1-4-22-18-13-9-8-12-17(18)20(2,19(22)15-21-3)14-16-10-6-5-7-11-16/h5-7,10-13,15H,4,8-9,14H2,1-3H3/q+1. The van der Waals surface area contributed by atoms with Gasteiger partial charge in [-0.2, -0.15) is 4.58 Å². The molecule has 0 bridgehead atoms. The highest BCUT2D eigenvalue weighted by atomic mass is 15.1. The number of rotatable bonds is 4. The summed E-state index contributed by atoms with van der Waals surface area (Å²) in [5.74, 6) is 0. The van der Waals surface area contributed by atoms with E-state index in [4.69, 9.17) is 0 Å². The van der Waals surface area contributed by atoms with Gasteiger partial charge < -0.3 is 0 Å². The molecule has 0 saturated carbocycles. The van der Waals surface area contributed by atoms with E-state index < -0.39 is 0 Å². The molecule has 3 rings (SSSR count). The van der Waals surface area contributed by atoms with E-state index in [0.717, 1.165) is 25.8 Å². The summed E-state index contributed by atoms with van der Waals surface area (Å²) in [7, 11) is 1.87. The predicted octanol–water partition coefficient (Wildman–Crippen LogP) is 4.03. The summed E-state index contributed by atoms with van der Waals surface area (Å²) in [4.78, 5) is 4.35. The summed E-state index contributed by atoms with van der Waals surface area (Å²) >= 11 is 0. The second-order valence-electron chi connectivity index (χ2n) is 6.30. The Morgan fingerprint density at radius 2 is 1.91 bits per heavy atom. The summed E-state index contributed by atoms with van der Waals surface area (Å²) in [6, 6.07) is 10.8. The molecule has 0 aromatic heterocycles. The molecule has 1 aliphatic carbocycles. The van der Waals surface area contributed by atoms with E-state index in [-0.39, 0.29) is 5.41 Å². The summed E-state index contributed by atoms with van der Waals surface area (Å²) in [6.07, 6.45) is 10.2. The molecule has 1 heterocycles. The van der Waals surface area contributed by atoms with Crippen LogP contribution >= 0.6 is 0 Å². The first-order valence-corrected chi connectivity index (χ1v) is 8.23. The molecule has 22 heavy (non-hydrogen) atoms. The van der Waals surface area contributed by atoms with Gasteiger partial charge in [-0.25, -0.2) is 0 Å². The van der Waals surface area contributed by atoms with Crippen molar-refractivity contribution >= 4 is 11.9 Å². The van der Waals surface area contributed by atoms with Crippen LogP contribution in [0.5, 0.6) is 0 Å². The lowest BCUT2D eigenvalue weighted by atomic mass is 9.73. The first kappa shape index (κ1) is 15.0. The third-order valence-electron chi connectivity index (χ3n) is 4.84. The zero-order chi connectivity index (χ0) is 15.6. The Morgan fingerprint density at radius 1 is 1.18 bits per heavy atom. The quantitative estimate of drug-likeness (QED) is 0.588. The molecule has 2 aliphatic rings. The van der Waals surface area contributed by atoms with Crippen LogP contribution in [0.1, 0.15) is 32.3 Å². The van der Waals surface area contributed by atoms with Crippen LogP contribution in [0, 0.1) is 5.41 Å². The molecule has 0 radical (unpaired) electrons. The molecule has 1 aromatic carbocycles. The van der Waals surface area contributed by atoms with Crippen molar-refractivity contribution in [1.82, 2.24) is 0 Å². The van der Waals surface area contributed by atoms with Crippen molar-refractivity contribution in [2.75, 3.05) is 13.6 Å². The van der Waals surface area contributed by atoms with Crippen LogP contribution in [-0.4, -0.2) is 30.1 Å². The van der Waals surface area contributed by atoms with Crippen LogP contribution in [-0.2, 0) is 6.42 Å². The van der Waals surface area contributed by atoms with Crippen molar-refractivity contribution in [1.29, 1.82) is 0 Å². The fraction of sp³-hybridized carbons (Fsp3) is 0.400. The highest BCUT2D eigenvalue weighted by Crippen LogP contribution is 2.44. The maximum absolute atomic E-state index is 4.35. The monoisotopic (exact) mass is 293 g/mol. The average molecular weight is 293 g/mol. The number of allylic oxidation sites excluding steroid dienone is 3. The Kier molecular flexibility index (Phi) is 4.10. The zero-order valence-corrected chi connectivity index (χ0v) is 13.8. The normalized spacial score (nSPS) is 24.5. The number of nitrogens with zero attached hydrogens (tertiary/aromatic N) is 2. The van der Waals surface area contributed by atoms with E-state index in [1.54, 1.807) is 0 Å². The third-order valence-corrected chi connectivity index (χ3v) is 4.84. The van der Waals surface area contributed by atoms with Gasteiger partial charge in [0.15, 0.2) is 0 Å². The average Bonchev–Trinajstić information content (AvgIpc) is 2.78. The van der Waals surface area contributed by atoms with Crippen molar-refractivity contribution in [2.45, 2.75) is 33.1 Å². The van der Waals surface area contributed by atoms with Crippen molar-refractivity contribution in [3.05, 3.63) is 59.3 Å². The first-order chi connectivity index (χ1) is 10.7. The van der Waals surface area contributed by atoms with Crippen molar-refractivity contribution < 1.29 is 4.58 Å². The van der Waals surface area contributed by atoms with Gasteiger partial charge >= 0.3 is 0 Å². The smallest absolute Gasteiger partial charge is 0.210 e. The van der Waals surface area contributed by atoms with Crippen LogP contribution in [0.25, 0.3) is 0 Å². The molecule has 2 nitrogen and oxygen atoms in total. The number of hydrogen-bond donors (Lipinski definition) is 0. The first-order valence-electron chi connectivity index (χ1n) is 8.23. The minimum absolute atomic E-state index is 0.0170. The van der Waals surface area contributed by atoms with E-state index in [0.29, 0.717) is 0 Å². The SMILES string of the molecule is CC[N+]1=C(C=NC)C(C)(Cc2ccccc2)C2=CCCC=C21. The van der Waals surface area contributed by atoms with Gasteiger partial charge in [0.1, 0.15) is 6.54 Å². The van der Waals surface area contributed by atoms with E-state index in [1.807, 2.05) is 7.05 Å². The molecule has 0 fully saturated rings. The molecule has 1 aliphatic heterocycles. The maximum atomic E-state index is 4.35. The highest BCUT2D eigenvalue weighted by molar-refractivity contribution is 6.32. The fourth-order valence-electron chi connectivity index (χ4n) is 3.86. The van der Waals surface area contributed by atoms with Crippen molar-refractivity contribution in [3.8, 4) is 0 Å². The van der Waals surface area contributed by atoms with Gasteiger partial charge in [0.2, 0.25) is 11.4 Å². The molecular formula is C20H25N2+. The van der Waals surface area contributed by atoms with Crippen LogP contribution in [0.2, 0.25) is 0 Å². The van der Waals surface area contributed by atoms with Gasteiger partial charge in [0.25, 0.3) is 0 Å². The van der Waals surface area contributed by atoms with Crippen LogP contribution < -0.4 is 0 Å². The summed E-state index contributed by atoms with van der Waals surface area (Å²) in [5.41, 5.74) is 5.63. The van der Waals surface area contributed by atoms with Gasteiger partial charge in [-0.15, -0.1) is 0 Å². The Labute approximate surface area is 133 Å². The van der Waals surface area contributed by atoms with Crippen molar-refractivity contribution in [2.24, 2.45) is 10.4 Å². The maximum Gasteiger partial charge on any atom is 0.210 e. The zero-order valence-electron chi connectivity index (χ0n) is 13.8. The topological polar surface area (TPSA) is 15.4 Å². The van der Waals surface area contributed by atoms with E-state index in [1.165, 1.54) is 22.5 Å². The highest BCUT2D eigenvalue weighted by Gasteiger charge is 2.50. The van der Waals surface area contributed by atoms with Crippen LogP contribution in [0.4, 0.5) is 0 Å². The van der Waals surface area contributed by atoms with E-state index in [9.17, 15) is 0 Å². The number of hydrogen-bond acceptors (Lipinski definition) is 1. The third kappa shape index (κ3) is 2.37. The summed E-state index contributed by atoms with van der Waals surface area (Å²) in [6.45, 7) is 5.59. The lowest BCUT2D eigenvalue weighted by Gasteiger charge is -2.23. The molecule has 0 spiro atoms. The molecule has 1 aromatic rings. The van der Waals surface area contributed by atoms with Crippen molar-refractivity contribution in [3.63, 3.8) is 0 Å². The largest absolute Gasteiger partial charge is 0.290 e. The van der Waals surface area contributed by atoms with E-state index in [2.05, 4.69) is 72.1 Å². The molecule has 0 N–H and O–H groups in total. The molecule has 0 saturated heterocycles. The second-order valence-corrected chi connectivity index (χ2v) is 6.30. The number of likely N-dealkylation sites (N-methyl/N-ethyl adjacent to an activating group) is 1. The molecule has 1 atom stereocenters. The van der Waals surface area contributed by atoms with Gasteiger partial charge in [-0.05, 0) is 44.7 Å². The van der Waals surface area contributed by atoms with Gasteiger partial charge in [-0.3, -0.25) is 4.99 Å². The number of benzene rings is 1. The molecule has 114 valence electrons. The minimum atomic E-state index is 0.0170. The Hall–Kier alpha value is -1.96. The van der Waals surface area contributed by atoms with Gasteiger partial charge in [0.05, 0.1) is 11.6 Å². The Balaban J connectivity index is 2.12. The lowest BCUT2D eigenvalue weighted by Crippen LogP contribution is -2.32.